The second-order valence-corrected chi connectivity index (χ2v) is 10.6. The maximum atomic E-state index is 12.1. The molecule has 0 atom stereocenters. The van der Waals surface area contributed by atoms with Crippen molar-refractivity contribution in [2.75, 3.05) is 0 Å². The molecule has 0 unspecified atom stereocenters. The summed E-state index contributed by atoms with van der Waals surface area (Å²) in [6.45, 7) is 1.70. The van der Waals surface area contributed by atoms with E-state index in [-0.39, 0.29) is 11.7 Å². The lowest BCUT2D eigenvalue weighted by molar-refractivity contribution is 0.0795. The van der Waals surface area contributed by atoms with E-state index < -0.39 is 0 Å². The fourth-order valence-electron chi connectivity index (χ4n) is 4.97. The number of hydrogen-bond acceptors (Lipinski definition) is 3. The van der Waals surface area contributed by atoms with Crippen molar-refractivity contribution in [3.8, 4) is 5.75 Å². The van der Waals surface area contributed by atoms with Crippen LogP contribution < -0.4 is 10.3 Å². The third-order valence-corrected chi connectivity index (χ3v) is 7.80. The Morgan fingerprint density at radius 2 is 1.33 bits per heavy atom. The van der Waals surface area contributed by atoms with Gasteiger partial charge in [-0.15, -0.1) is 0 Å². The van der Waals surface area contributed by atoms with Crippen LogP contribution in [0.25, 0.3) is 10.8 Å². The number of aromatic amines is 1. The van der Waals surface area contributed by atoms with Gasteiger partial charge in [-0.05, 0) is 79.3 Å². The summed E-state index contributed by atoms with van der Waals surface area (Å²) in [6.07, 6.45) is 5.62. The van der Waals surface area contributed by atoms with Gasteiger partial charge in [0.2, 0.25) is 0 Å². The number of pyridine rings is 1. The Morgan fingerprint density at radius 3 is 1.92 bits per heavy atom. The third kappa shape index (κ3) is 5.90. The summed E-state index contributed by atoms with van der Waals surface area (Å²) < 4.78 is 6.33. The van der Waals surface area contributed by atoms with Crippen LogP contribution in [-0.4, -0.2) is 22.0 Å². The number of ether oxygens (including phenoxy) is 1. The quantitative estimate of drug-likeness (QED) is 0.259. The maximum absolute atomic E-state index is 12.1. The van der Waals surface area contributed by atoms with E-state index >= 15 is 0 Å². The molecule has 1 heterocycles. The lowest BCUT2D eigenvalue weighted by Gasteiger charge is -2.37. The minimum atomic E-state index is -0.150. The molecule has 1 saturated carbocycles. The zero-order valence-corrected chi connectivity index (χ0v) is 22.0. The lowest BCUT2D eigenvalue weighted by atomic mass is 9.91. The molecule has 1 aliphatic carbocycles. The molecule has 5 rings (SSSR count). The number of H-pyrrole nitrogens is 1. The van der Waals surface area contributed by atoms with Crippen LogP contribution in [0.5, 0.6) is 5.75 Å². The summed E-state index contributed by atoms with van der Waals surface area (Å²) in [4.78, 5) is 17.3. The molecule has 3 aromatic carbocycles. The monoisotopic (exact) mass is 540 g/mol. The number of nitrogens with zero attached hydrogens (tertiary/aromatic N) is 1. The zero-order valence-electron chi connectivity index (χ0n) is 19.7. The fourth-order valence-corrected chi connectivity index (χ4v) is 5.50. The Kier molecular flexibility index (Phi) is 7.87. The van der Waals surface area contributed by atoms with E-state index in [2.05, 4.69) is 34.1 Å². The van der Waals surface area contributed by atoms with Crippen LogP contribution in [0, 0.1) is 0 Å². The minimum Gasteiger partial charge on any atom is -0.489 e. The van der Waals surface area contributed by atoms with Crippen molar-refractivity contribution in [1.82, 2.24) is 9.88 Å². The number of fused-ring (bicyclic) bond motifs is 1. The van der Waals surface area contributed by atoms with Gasteiger partial charge in [-0.25, -0.2) is 0 Å². The molecule has 0 bridgehead atoms. The number of hydrogen-bond donors (Lipinski definition) is 1. The van der Waals surface area contributed by atoms with Gasteiger partial charge in [-0.2, -0.15) is 0 Å². The number of aromatic nitrogens is 1. The summed E-state index contributed by atoms with van der Waals surface area (Å²) in [5.41, 5.74) is 2.33. The Bertz CT molecular complexity index is 1330. The van der Waals surface area contributed by atoms with E-state index in [1.807, 2.05) is 30.3 Å². The minimum absolute atomic E-state index is 0.0890. The van der Waals surface area contributed by atoms with Crippen molar-refractivity contribution < 1.29 is 4.74 Å². The molecule has 1 N–H and O–H groups in total. The number of benzene rings is 3. The van der Waals surface area contributed by atoms with Crippen LogP contribution in [0.15, 0.2) is 77.7 Å². The third-order valence-electron chi connectivity index (χ3n) is 6.91. The predicted molar refractivity (Wildman–Crippen MR) is 148 cm³/mol. The van der Waals surface area contributed by atoms with Gasteiger partial charge < -0.3 is 9.72 Å². The van der Waals surface area contributed by atoms with Gasteiger partial charge in [0.05, 0.1) is 11.1 Å². The Hall–Kier alpha value is -2.50. The lowest BCUT2D eigenvalue weighted by Crippen LogP contribution is -2.39. The number of halogens is 3. The summed E-state index contributed by atoms with van der Waals surface area (Å²) in [7, 11) is 0. The molecule has 186 valence electrons. The molecule has 0 amide bonds. The van der Waals surface area contributed by atoms with Gasteiger partial charge in [0.15, 0.2) is 0 Å². The highest BCUT2D eigenvalue weighted by atomic mass is 35.5. The van der Waals surface area contributed by atoms with Crippen LogP contribution in [0.2, 0.25) is 15.1 Å². The topological polar surface area (TPSA) is 45.3 Å². The number of nitrogens with one attached hydrogen (secondary N) is 1. The average molecular weight is 542 g/mol. The van der Waals surface area contributed by atoms with Crippen molar-refractivity contribution in [2.24, 2.45) is 0 Å². The second-order valence-electron chi connectivity index (χ2n) is 9.35. The Balaban J connectivity index is 1.28. The maximum Gasteiger partial charge on any atom is 0.255 e. The Labute approximate surface area is 225 Å². The molecule has 4 aromatic rings. The molecule has 7 heteroatoms. The zero-order chi connectivity index (χ0) is 25.1. The molecule has 1 fully saturated rings. The van der Waals surface area contributed by atoms with Gasteiger partial charge in [-0.1, -0.05) is 59.1 Å². The van der Waals surface area contributed by atoms with E-state index in [0.717, 1.165) is 48.8 Å². The van der Waals surface area contributed by atoms with Gasteiger partial charge in [0.25, 0.3) is 5.56 Å². The van der Waals surface area contributed by atoms with Gasteiger partial charge in [0.1, 0.15) is 5.75 Å². The first-order valence-electron chi connectivity index (χ1n) is 12.2. The fraction of sp³-hybridized carbons (Fsp3) is 0.276. The van der Waals surface area contributed by atoms with Crippen molar-refractivity contribution in [3.05, 3.63) is 109 Å². The summed E-state index contributed by atoms with van der Waals surface area (Å²) in [5, 5.41) is 3.27. The van der Waals surface area contributed by atoms with Crippen molar-refractivity contribution in [3.63, 3.8) is 0 Å². The highest BCUT2D eigenvalue weighted by Gasteiger charge is 2.28. The Morgan fingerprint density at radius 1 is 0.750 bits per heavy atom. The van der Waals surface area contributed by atoms with Gasteiger partial charge in [0, 0.05) is 46.1 Å². The van der Waals surface area contributed by atoms with Crippen molar-refractivity contribution in [1.29, 1.82) is 0 Å². The molecular formula is C29H27Cl3N2O2. The first-order chi connectivity index (χ1) is 17.5. The summed E-state index contributed by atoms with van der Waals surface area (Å²) in [5.74, 6) is 0.636. The molecule has 1 aromatic heterocycles. The van der Waals surface area contributed by atoms with Gasteiger partial charge >= 0.3 is 0 Å². The highest BCUT2D eigenvalue weighted by Crippen LogP contribution is 2.35. The van der Waals surface area contributed by atoms with Crippen LogP contribution >= 0.6 is 34.8 Å². The van der Waals surface area contributed by atoms with Crippen molar-refractivity contribution in [2.45, 2.75) is 50.9 Å². The predicted octanol–water partition coefficient (Wildman–Crippen LogP) is 7.88. The largest absolute Gasteiger partial charge is 0.489 e. The first-order valence-corrected chi connectivity index (χ1v) is 13.3. The molecule has 36 heavy (non-hydrogen) atoms. The number of rotatable bonds is 7. The summed E-state index contributed by atoms with van der Waals surface area (Å²) >= 11 is 18.8. The van der Waals surface area contributed by atoms with E-state index in [9.17, 15) is 4.79 Å². The smallest absolute Gasteiger partial charge is 0.255 e. The van der Waals surface area contributed by atoms with Crippen molar-refractivity contribution >= 4 is 45.6 Å². The first kappa shape index (κ1) is 25.2. The normalized spacial score (nSPS) is 18.0. The molecule has 0 spiro atoms. The molecule has 4 nitrogen and oxygen atoms in total. The molecular weight excluding hydrogens is 515 g/mol. The van der Waals surface area contributed by atoms with Crippen LogP contribution in [0.3, 0.4) is 0 Å². The molecule has 0 radical (unpaired) electrons. The standard InChI is InChI=1S/C29H27Cl3N2O2/c30-21-5-1-19(2-6-21)17-34(18-20-3-7-22(31)8-4-20)23-9-11-24(12-10-23)36-27-14-13-26-25(28(27)32)15-16-33-29(26)35/h1-8,13-16,23-24H,9-12,17-18H2,(H,33,35). The molecule has 0 saturated heterocycles. The SMILES string of the molecule is O=c1[nH]ccc2c(Cl)c(OC3CCC(N(Cc4ccc(Cl)cc4)Cc4ccc(Cl)cc4)CC3)ccc12. The van der Waals surface area contributed by atoms with E-state index in [0.29, 0.717) is 27.6 Å². The second kappa shape index (κ2) is 11.3. The van der Waals surface area contributed by atoms with Crippen LogP contribution in [-0.2, 0) is 13.1 Å². The van der Waals surface area contributed by atoms with E-state index in [1.54, 1.807) is 18.3 Å². The van der Waals surface area contributed by atoms with E-state index in [4.69, 9.17) is 39.5 Å². The van der Waals surface area contributed by atoms with Crippen LogP contribution in [0.4, 0.5) is 0 Å². The summed E-state index contributed by atoms with van der Waals surface area (Å²) in [6, 6.07) is 22.0. The molecule has 1 aliphatic rings. The highest BCUT2D eigenvalue weighted by molar-refractivity contribution is 6.37. The average Bonchev–Trinajstić information content (AvgIpc) is 2.89. The van der Waals surface area contributed by atoms with Gasteiger partial charge in [-0.3, -0.25) is 9.69 Å². The van der Waals surface area contributed by atoms with E-state index in [1.165, 1.54) is 11.1 Å². The van der Waals surface area contributed by atoms with Crippen LogP contribution in [0.1, 0.15) is 36.8 Å². The molecule has 0 aliphatic heterocycles.